The van der Waals surface area contributed by atoms with E-state index in [9.17, 15) is 5.11 Å². The summed E-state index contributed by atoms with van der Waals surface area (Å²) in [7, 11) is 0. The first-order valence-electron chi connectivity index (χ1n) is 7.15. The van der Waals surface area contributed by atoms with Crippen LogP contribution in [0.2, 0.25) is 0 Å². The van der Waals surface area contributed by atoms with Gasteiger partial charge in [0.15, 0.2) is 0 Å². The molecule has 104 valence electrons. The van der Waals surface area contributed by atoms with Crippen molar-refractivity contribution in [1.82, 2.24) is 4.90 Å². The van der Waals surface area contributed by atoms with Crippen LogP contribution in [0.25, 0.3) is 0 Å². The first kappa shape index (κ1) is 15.4. The van der Waals surface area contributed by atoms with Gasteiger partial charge in [-0.05, 0) is 51.3 Å². The highest BCUT2D eigenvalue weighted by atomic mass is 16.3. The highest BCUT2D eigenvalue weighted by Gasteiger charge is 2.20. The first-order valence-corrected chi connectivity index (χ1v) is 7.15. The standard InChI is InChI=1S/C15H28N2O/c1-3-5-8-13(4-2)11-15(18)14(16)12-17-9-6-7-10-17/h4-5,8,14-15,18H,3,6-7,9-12,16H2,1-2H3/b8-5-,13-4+/t14-,15-/m0/s1. The van der Waals surface area contributed by atoms with Gasteiger partial charge in [-0.25, -0.2) is 0 Å². The summed E-state index contributed by atoms with van der Waals surface area (Å²) < 4.78 is 0. The van der Waals surface area contributed by atoms with E-state index in [1.165, 1.54) is 18.4 Å². The van der Waals surface area contributed by atoms with Gasteiger partial charge in [-0.1, -0.05) is 25.2 Å². The Kier molecular flexibility index (Phi) is 7.25. The monoisotopic (exact) mass is 252 g/mol. The molecule has 0 saturated carbocycles. The average Bonchev–Trinajstić information content (AvgIpc) is 2.86. The highest BCUT2D eigenvalue weighted by molar-refractivity contribution is 5.19. The molecule has 0 amide bonds. The van der Waals surface area contributed by atoms with Crippen LogP contribution in [0.15, 0.2) is 23.8 Å². The van der Waals surface area contributed by atoms with Crippen molar-refractivity contribution in [3.8, 4) is 0 Å². The zero-order chi connectivity index (χ0) is 13.4. The summed E-state index contributed by atoms with van der Waals surface area (Å²) in [6.45, 7) is 7.20. The van der Waals surface area contributed by atoms with E-state index in [1.807, 2.05) is 6.92 Å². The van der Waals surface area contributed by atoms with Gasteiger partial charge in [0.1, 0.15) is 0 Å². The Morgan fingerprint density at radius 2 is 2.06 bits per heavy atom. The first-order chi connectivity index (χ1) is 8.67. The molecule has 3 N–H and O–H groups in total. The molecule has 0 aromatic carbocycles. The Morgan fingerprint density at radius 3 is 2.61 bits per heavy atom. The van der Waals surface area contributed by atoms with Crippen molar-refractivity contribution in [3.05, 3.63) is 23.8 Å². The van der Waals surface area contributed by atoms with E-state index in [-0.39, 0.29) is 6.04 Å². The number of aliphatic hydroxyl groups is 1. The minimum absolute atomic E-state index is 0.145. The minimum Gasteiger partial charge on any atom is -0.391 e. The molecule has 1 fully saturated rings. The third kappa shape index (κ3) is 5.34. The van der Waals surface area contributed by atoms with E-state index >= 15 is 0 Å². The summed E-state index contributed by atoms with van der Waals surface area (Å²) >= 11 is 0. The van der Waals surface area contributed by atoms with Crippen molar-refractivity contribution in [1.29, 1.82) is 0 Å². The van der Waals surface area contributed by atoms with Crippen molar-refractivity contribution < 1.29 is 5.11 Å². The smallest absolute Gasteiger partial charge is 0.0743 e. The van der Waals surface area contributed by atoms with Gasteiger partial charge < -0.3 is 15.7 Å². The van der Waals surface area contributed by atoms with Crippen LogP contribution in [0, 0.1) is 0 Å². The lowest BCUT2D eigenvalue weighted by Crippen LogP contribution is -2.44. The summed E-state index contributed by atoms with van der Waals surface area (Å²) in [5.41, 5.74) is 7.25. The summed E-state index contributed by atoms with van der Waals surface area (Å²) in [6, 6.07) is -0.145. The van der Waals surface area contributed by atoms with Crippen LogP contribution in [-0.4, -0.2) is 41.8 Å². The predicted octanol–water partition coefficient (Wildman–Crippen LogP) is 2.07. The number of nitrogens with two attached hydrogens (primary N) is 1. The Bertz CT molecular complexity index is 280. The molecular formula is C15H28N2O. The van der Waals surface area contributed by atoms with Crippen LogP contribution in [0.4, 0.5) is 0 Å². The molecule has 0 spiro atoms. The van der Waals surface area contributed by atoms with Gasteiger partial charge in [-0.3, -0.25) is 0 Å². The van der Waals surface area contributed by atoms with Gasteiger partial charge in [0.2, 0.25) is 0 Å². The zero-order valence-corrected chi connectivity index (χ0v) is 11.8. The SMILES string of the molecule is C/C=C(\C=C/CC)C[C@H](O)[C@@H](N)CN1CCCC1. The third-order valence-electron chi connectivity index (χ3n) is 3.55. The molecule has 1 aliphatic rings. The van der Waals surface area contributed by atoms with Crippen LogP contribution < -0.4 is 5.73 Å². The molecule has 3 heteroatoms. The molecule has 2 atom stereocenters. The van der Waals surface area contributed by atoms with Gasteiger partial charge >= 0.3 is 0 Å². The number of hydrogen-bond donors (Lipinski definition) is 2. The summed E-state index contributed by atoms with van der Waals surface area (Å²) in [5, 5.41) is 10.2. The molecule has 0 aromatic heterocycles. The minimum atomic E-state index is -0.446. The maximum Gasteiger partial charge on any atom is 0.0743 e. The van der Waals surface area contributed by atoms with E-state index in [1.54, 1.807) is 0 Å². The number of aliphatic hydroxyl groups excluding tert-OH is 1. The Labute approximate surface area is 111 Å². The second-order valence-electron chi connectivity index (χ2n) is 5.12. The maximum absolute atomic E-state index is 10.2. The van der Waals surface area contributed by atoms with Crippen LogP contribution >= 0.6 is 0 Å². The van der Waals surface area contributed by atoms with Crippen molar-refractivity contribution in [3.63, 3.8) is 0 Å². The average molecular weight is 252 g/mol. The van der Waals surface area contributed by atoms with E-state index in [0.29, 0.717) is 6.42 Å². The Balaban J connectivity index is 2.37. The molecule has 0 radical (unpaired) electrons. The molecule has 18 heavy (non-hydrogen) atoms. The molecule has 0 aliphatic carbocycles. The van der Waals surface area contributed by atoms with Crippen molar-refractivity contribution in [2.45, 2.75) is 51.7 Å². The fourth-order valence-corrected chi connectivity index (χ4v) is 2.33. The second-order valence-corrected chi connectivity index (χ2v) is 5.12. The highest BCUT2D eigenvalue weighted by Crippen LogP contribution is 2.13. The van der Waals surface area contributed by atoms with Gasteiger partial charge in [0.25, 0.3) is 0 Å². The summed E-state index contributed by atoms with van der Waals surface area (Å²) in [6.07, 6.45) is 10.0. The lowest BCUT2D eigenvalue weighted by molar-refractivity contribution is 0.125. The van der Waals surface area contributed by atoms with E-state index < -0.39 is 6.10 Å². The lowest BCUT2D eigenvalue weighted by Gasteiger charge is -2.24. The molecular weight excluding hydrogens is 224 g/mol. The number of nitrogens with zero attached hydrogens (tertiary/aromatic N) is 1. The topological polar surface area (TPSA) is 49.5 Å². The van der Waals surface area contributed by atoms with Crippen LogP contribution in [0.1, 0.15) is 39.5 Å². The largest absolute Gasteiger partial charge is 0.391 e. The quantitative estimate of drug-likeness (QED) is 0.682. The Morgan fingerprint density at radius 1 is 1.39 bits per heavy atom. The van der Waals surface area contributed by atoms with Crippen LogP contribution in [0.5, 0.6) is 0 Å². The second kappa shape index (κ2) is 8.46. The van der Waals surface area contributed by atoms with Crippen molar-refractivity contribution in [2.24, 2.45) is 5.73 Å². The van der Waals surface area contributed by atoms with E-state index in [2.05, 4.69) is 30.1 Å². The fraction of sp³-hybridized carbons (Fsp3) is 0.733. The number of allylic oxidation sites excluding steroid dienone is 3. The maximum atomic E-state index is 10.2. The molecule has 3 nitrogen and oxygen atoms in total. The van der Waals surface area contributed by atoms with E-state index in [4.69, 9.17) is 5.73 Å². The molecule has 0 unspecified atom stereocenters. The number of hydrogen-bond acceptors (Lipinski definition) is 3. The molecule has 0 aromatic rings. The van der Waals surface area contributed by atoms with Crippen molar-refractivity contribution >= 4 is 0 Å². The fourth-order valence-electron chi connectivity index (χ4n) is 2.33. The molecule has 0 bridgehead atoms. The van der Waals surface area contributed by atoms with Gasteiger partial charge in [-0.15, -0.1) is 0 Å². The van der Waals surface area contributed by atoms with Crippen molar-refractivity contribution in [2.75, 3.05) is 19.6 Å². The normalized spacial score (nSPS) is 21.7. The number of likely N-dealkylation sites (tertiary alicyclic amines) is 1. The third-order valence-corrected chi connectivity index (χ3v) is 3.55. The molecule has 1 heterocycles. The van der Waals surface area contributed by atoms with Gasteiger partial charge in [-0.2, -0.15) is 0 Å². The molecule has 1 rings (SSSR count). The van der Waals surface area contributed by atoms with Crippen LogP contribution in [0.3, 0.4) is 0 Å². The predicted molar refractivity (Wildman–Crippen MR) is 77.5 cm³/mol. The molecule has 1 saturated heterocycles. The van der Waals surface area contributed by atoms with Gasteiger partial charge in [0, 0.05) is 12.6 Å². The van der Waals surface area contributed by atoms with Crippen LogP contribution in [-0.2, 0) is 0 Å². The summed E-state index contributed by atoms with van der Waals surface area (Å²) in [4.78, 5) is 2.35. The molecule has 1 aliphatic heterocycles. The lowest BCUT2D eigenvalue weighted by atomic mass is 10.0. The zero-order valence-electron chi connectivity index (χ0n) is 11.8. The number of rotatable bonds is 7. The Hall–Kier alpha value is -0.640. The summed E-state index contributed by atoms with van der Waals surface area (Å²) in [5.74, 6) is 0. The van der Waals surface area contributed by atoms with Gasteiger partial charge in [0.05, 0.1) is 6.10 Å². The van der Waals surface area contributed by atoms with E-state index in [0.717, 1.165) is 26.1 Å².